The van der Waals surface area contributed by atoms with Crippen LogP contribution in [0, 0.1) is 12.8 Å². The number of carbonyl (C=O) groups is 3. The van der Waals surface area contributed by atoms with Crippen LogP contribution in [-0.4, -0.2) is 38.0 Å². The third-order valence-electron chi connectivity index (χ3n) is 4.43. The maximum absolute atomic E-state index is 13.1. The Morgan fingerprint density at radius 3 is 1.97 bits per heavy atom. The van der Waals surface area contributed by atoms with Crippen molar-refractivity contribution in [2.75, 3.05) is 5.75 Å². The predicted molar refractivity (Wildman–Crippen MR) is 110 cm³/mol. The lowest BCUT2D eigenvalue weighted by atomic mass is 9.94. The quantitative estimate of drug-likeness (QED) is 0.358. The number of hydrogen-bond acceptors (Lipinski definition) is 7. The number of carbonyl (C=O) groups excluding carboxylic acids is 3. The summed E-state index contributed by atoms with van der Waals surface area (Å²) < 4.78 is 35.9. The average molecular weight is 432 g/mol. The van der Waals surface area contributed by atoms with Crippen molar-refractivity contribution in [1.29, 1.82) is 0 Å². The second-order valence-corrected chi connectivity index (χ2v) is 9.03. The largest absolute Gasteiger partial charge is 0.462 e. The van der Waals surface area contributed by atoms with Gasteiger partial charge < -0.3 is 9.47 Å². The molecule has 0 aliphatic heterocycles. The van der Waals surface area contributed by atoms with Gasteiger partial charge >= 0.3 is 11.9 Å². The summed E-state index contributed by atoms with van der Waals surface area (Å²) >= 11 is 0. The van der Waals surface area contributed by atoms with E-state index in [0.29, 0.717) is 0 Å². The van der Waals surface area contributed by atoms with Crippen molar-refractivity contribution in [2.24, 2.45) is 5.92 Å². The monoisotopic (exact) mass is 432 g/mol. The van der Waals surface area contributed by atoms with Gasteiger partial charge in [-0.05, 0) is 50.2 Å². The second kappa shape index (κ2) is 9.67. The molecule has 0 bridgehead atoms. The van der Waals surface area contributed by atoms with Gasteiger partial charge in [-0.15, -0.1) is 0 Å². The fourth-order valence-electron chi connectivity index (χ4n) is 2.91. The van der Waals surface area contributed by atoms with Gasteiger partial charge in [0.15, 0.2) is 15.6 Å². The van der Waals surface area contributed by atoms with Crippen LogP contribution >= 0.6 is 0 Å². The number of hydrogen-bond donors (Lipinski definition) is 0. The number of ketones is 1. The van der Waals surface area contributed by atoms with Crippen molar-refractivity contribution < 1.29 is 32.3 Å². The second-order valence-electron chi connectivity index (χ2n) is 7.00. The molecule has 0 spiro atoms. The molecule has 0 heterocycles. The molecule has 160 valence electrons. The van der Waals surface area contributed by atoms with Crippen molar-refractivity contribution in [2.45, 2.75) is 38.7 Å². The molecule has 0 aliphatic rings. The zero-order chi connectivity index (χ0) is 22.5. The first-order chi connectivity index (χ1) is 14.0. The maximum atomic E-state index is 13.1. The Kier molecular flexibility index (Phi) is 7.50. The minimum Gasteiger partial charge on any atom is -0.462 e. The highest BCUT2D eigenvalue weighted by Crippen LogP contribution is 2.23. The molecular weight excluding hydrogens is 408 g/mol. The van der Waals surface area contributed by atoms with Gasteiger partial charge in [-0.2, -0.15) is 0 Å². The van der Waals surface area contributed by atoms with E-state index in [4.69, 9.17) is 9.47 Å². The normalized spacial score (nSPS) is 13.2. The third kappa shape index (κ3) is 6.25. The molecule has 7 nitrogen and oxygen atoms in total. The number of Topliss-reactive ketones (excluding diaryl/α,β-unsaturated/α-hetero) is 1. The molecule has 0 saturated carbocycles. The number of esters is 2. The highest BCUT2D eigenvalue weighted by atomic mass is 32.2. The van der Waals surface area contributed by atoms with E-state index in [-0.39, 0.29) is 16.2 Å². The van der Waals surface area contributed by atoms with E-state index in [1.807, 2.05) is 6.92 Å². The zero-order valence-corrected chi connectivity index (χ0v) is 18.1. The fourth-order valence-corrected chi connectivity index (χ4v) is 4.55. The van der Waals surface area contributed by atoms with E-state index in [9.17, 15) is 22.8 Å². The number of rotatable bonds is 8. The van der Waals surface area contributed by atoms with Crippen LogP contribution in [0.4, 0.5) is 0 Å². The fraction of sp³-hybridized carbons (Fsp3) is 0.318. The summed E-state index contributed by atoms with van der Waals surface area (Å²) in [4.78, 5) is 35.6. The summed E-state index contributed by atoms with van der Waals surface area (Å²) in [5.74, 6) is -2.97. The summed E-state index contributed by atoms with van der Waals surface area (Å²) in [7, 11) is -3.82. The van der Waals surface area contributed by atoms with Crippen LogP contribution in [0.5, 0.6) is 5.75 Å². The lowest BCUT2D eigenvalue weighted by Crippen LogP contribution is -2.35. The van der Waals surface area contributed by atoms with Crippen LogP contribution in [0.1, 0.15) is 36.7 Å². The van der Waals surface area contributed by atoms with Gasteiger partial charge in [0.05, 0.1) is 16.6 Å². The molecule has 0 unspecified atom stereocenters. The summed E-state index contributed by atoms with van der Waals surface area (Å²) in [5, 5.41) is 0. The third-order valence-corrected chi connectivity index (χ3v) is 6.22. The van der Waals surface area contributed by atoms with E-state index >= 15 is 0 Å². The van der Waals surface area contributed by atoms with Gasteiger partial charge in [0.25, 0.3) is 0 Å². The molecule has 0 saturated heterocycles. The number of ether oxygens (including phenoxy) is 2. The zero-order valence-electron chi connectivity index (χ0n) is 17.2. The smallest absolute Gasteiger partial charge is 0.308 e. The lowest BCUT2D eigenvalue weighted by Gasteiger charge is -2.23. The number of benzene rings is 2. The van der Waals surface area contributed by atoms with Crippen LogP contribution in [0.2, 0.25) is 0 Å². The maximum Gasteiger partial charge on any atom is 0.308 e. The molecule has 0 aromatic heterocycles. The van der Waals surface area contributed by atoms with E-state index < -0.39 is 45.3 Å². The van der Waals surface area contributed by atoms with Gasteiger partial charge in [0, 0.05) is 19.4 Å². The van der Waals surface area contributed by atoms with Gasteiger partial charge in [-0.25, -0.2) is 8.42 Å². The molecule has 8 heteroatoms. The highest BCUT2D eigenvalue weighted by Gasteiger charge is 2.33. The average Bonchev–Trinajstić information content (AvgIpc) is 2.65. The SMILES string of the molecule is CC(=O)Oc1ccc(C(=O)[C@H](CS(=O)(=O)c2ccc(C)cc2)[C@@H](C)OC(C)=O)cc1. The number of sulfone groups is 1. The van der Waals surface area contributed by atoms with E-state index in [1.54, 1.807) is 12.1 Å². The number of aryl methyl sites for hydroxylation is 1. The van der Waals surface area contributed by atoms with Gasteiger partial charge in [0.2, 0.25) is 0 Å². The molecule has 30 heavy (non-hydrogen) atoms. The van der Waals surface area contributed by atoms with Gasteiger partial charge in [-0.3, -0.25) is 14.4 Å². The first-order valence-corrected chi connectivity index (χ1v) is 10.9. The Labute approximate surface area is 175 Å². The van der Waals surface area contributed by atoms with E-state index in [0.717, 1.165) is 5.56 Å². The summed E-state index contributed by atoms with van der Waals surface area (Å²) in [6, 6.07) is 12.1. The van der Waals surface area contributed by atoms with Crippen LogP contribution < -0.4 is 4.74 Å². The summed E-state index contributed by atoms with van der Waals surface area (Å²) in [5.41, 5.74) is 1.12. The Morgan fingerprint density at radius 1 is 0.900 bits per heavy atom. The van der Waals surface area contributed by atoms with Crippen LogP contribution in [0.3, 0.4) is 0 Å². The van der Waals surface area contributed by atoms with Crippen LogP contribution in [-0.2, 0) is 24.2 Å². The first kappa shape index (κ1) is 23.3. The standard InChI is InChI=1S/C22H24O7S/c1-14-5-11-20(12-6-14)30(26,27)13-21(15(2)28-16(3)23)22(25)18-7-9-19(10-8-18)29-17(4)24/h5-12,15,21H,13H2,1-4H3/t15-,21-/m1/s1. The first-order valence-electron chi connectivity index (χ1n) is 9.29. The van der Waals surface area contributed by atoms with Crippen molar-refractivity contribution in [3.63, 3.8) is 0 Å². The predicted octanol–water partition coefficient (Wildman–Crippen LogP) is 3.14. The molecule has 0 aliphatic carbocycles. The van der Waals surface area contributed by atoms with Crippen molar-refractivity contribution in [3.05, 3.63) is 59.7 Å². The molecule has 0 amide bonds. The Hall–Kier alpha value is -3.00. The molecular formula is C22H24O7S. The van der Waals surface area contributed by atoms with Crippen molar-refractivity contribution >= 4 is 27.6 Å². The molecule has 0 N–H and O–H groups in total. The van der Waals surface area contributed by atoms with Crippen LogP contribution in [0.15, 0.2) is 53.4 Å². The Bertz CT molecular complexity index is 1020. The van der Waals surface area contributed by atoms with Crippen molar-refractivity contribution in [1.82, 2.24) is 0 Å². The summed E-state index contributed by atoms with van der Waals surface area (Å²) in [6.07, 6.45) is -0.955. The van der Waals surface area contributed by atoms with Gasteiger partial charge in [0.1, 0.15) is 11.9 Å². The molecule has 2 rings (SSSR count). The molecule has 2 aromatic carbocycles. The van der Waals surface area contributed by atoms with Gasteiger partial charge in [-0.1, -0.05) is 17.7 Å². The molecule has 2 atom stereocenters. The molecule has 2 aromatic rings. The Balaban J connectivity index is 2.34. The van der Waals surface area contributed by atoms with Crippen molar-refractivity contribution in [3.8, 4) is 5.75 Å². The van der Waals surface area contributed by atoms with Crippen LogP contribution in [0.25, 0.3) is 0 Å². The van der Waals surface area contributed by atoms with E-state index in [2.05, 4.69) is 0 Å². The Morgan fingerprint density at radius 2 is 1.47 bits per heavy atom. The van der Waals surface area contributed by atoms with E-state index in [1.165, 1.54) is 57.2 Å². The summed E-state index contributed by atoms with van der Waals surface area (Å²) in [6.45, 7) is 5.78. The molecule has 0 radical (unpaired) electrons. The topological polar surface area (TPSA) is 104 Å². The minimum atomic E-state index is -3.82. The highest BCUT2D eigenvalue weighted by molar-refractivity contribution is 7.91. The molecule has 0 fully saturated rings. The minimum absolute atomic E-state index is 0.0890. The lowest BCUT2D eigenvalue weighted by molar-refractivity contribution is -0.146.